The molecule has 0 bridgehead atoms. The van der Waals surface area contributed by atoms with Crippen LogP contribution in [-0.4, -0.2) is 55.0 Å². The summed E-state index contributed by atoms with van der Waals surface area (Å²) in [5, 5.41) is 0. The van der Waals surface area contributed by atoms with Crippen molar-refractivity contribution >= 4 is 5.91 Å². The minimum Gasteiger partial charge on any atom is -0.341 e. The predicted molar refractivity (Wildman–Crippen MR) is 77.7 cm³/mol. The molecule has 2 unspecified atom stereocenters. The van der Waals surface area contributed by atoms with E-state index in [0.29, 0.717) is 30.2 Å². The molecule has 0 aliphatic carbocycles. The Labute approximate surface area is 117 Å². The van der Waals surface area contributed by atoms with Crippen LogP contribution in [0.3, 0.4) is 0 Å². The number of hydrogen-bond donors (Lipinski definition) is 1. The average molecular weight is 267 g/mol. The maximum absolute atomic E-state index is 12.4. The van der Waals surface area contributed by atoms with Gasteiger partial charge in [-0.25, -0.2) is 0 Å². The molecule has 4 nitrogen and oxygen atoms in total. The minimum absolute atomic E-state index is 0.324. The molecule has 2 atom stereocenters. The van der Waals surface area contributed by atoms with E-state index >= 15 is 0 Å². The molecule has 2 N–H and O–H groups in total. The van der Waals surface area contributed by atoms with E-state index in [4.69, 9.17) is 5.73 Å². The van der Waals surface area contributed by atoms with Gasteiger partial charge in [0.25, 0.3) is 0 Å². The maximum Gasteiger partial charge on any atom is 0.236 e. The summed E-state index contributed by atoms with van der Waals surface area (Å²) < 4.78 is 0. The predicted octanol–water partition coefficient (Wildman–Crippen LogP) is 1.16. The third-order valence-corrected chi connectivity index (χ3v) is 4.62. The lowest BCUT2D eigenvalue weighted by Gasteiger charge is -2.37. The van der Waals surface area contributed by atoms with Crippen LogP contribution >= 0.6 is 0 Å². The third-order valence-electron chi connectivity index (χ3n) is 4.62. The number of nitrogens with two attached hydrogens (primary N) is 1. The fraction of sp³-hybridized carbons (Fsp3) is 0.933. The largest absolute Gasteiger partial charge is 0.341 e. The van der Waals surface area contributed by atoms with Gasteiger partial charge in [0.05, 0.1) is 6.54 Å². The van der Waals surface area contributed by atoms with Gasteiger partial charge in [-0.05, 0) is 56.7 Å². The van der Waals surface area contributed by atoms with Gasteiger partial charge >= 0.3 is 0 Å². The van der Waals surface area contributed by atoms with Crippen LogP contribution in [0, 0.1) is 17.8 Å². The van der Waals surface area contributed by atoms with Gasteiger partial charge in [0.1, 0.15) is 0 Å². The Balaban J connectivity index is 1.78. The molecule has 0 aromatic heterocycles. The molecule has 2 saturated heterocycles. The number of carbonyl (C=O) groups excluding carboxylic acids is 1. The Morgan fingerprint density at radius 3 is 2.26 bits per heavy atom. The second-order valence-electron chi connectivity index (χ2n) is 6.70. The standard InChI is InChI=1S/C15H29N3O/c1-12-7-13(2)10-18(9-12)15(19)11-17-5-3-14(8-16)4-6-17/h12-14H,3-11,16H2,1-2H3. The van der Waals surface area contributed by atoms with Crippen molar-refractivity contribution in [2.45, 2.75) is 33.1 Å². The summed E-state index contributed by atoms with van der Waals surface area (Å²) in [7, 11) is 0. The number of hydrogen-bond acceptors (Lipinski definition) is 3. The van der Waals surface area contributed by atoms with Crippen molar-refractivity contribution in [1.29, 1.82) is 0 Å². The van der Waals surface area contributed by atoms with Gasteiger partial charge in [-0.1, -0.05) is 13.8 Å². The Hall–Kier alpha value is -0.610. The summed E-state index contributed by atoms with van der Waals surface area (Å²) in [5.74, 6) is 2.29. The van der Waals surface area contributed by atoms with E-state index in [0.717, 1.165) is 45.6 Å². The lowest BCUT2D eigenvalue weighted by atomic mass is 9.92. The number of nitrogens with zero attached hydrogens (tertiary/aromatic N) is 2. The first kappa shape index (κ1) is 14.8. The number of carbonyl (C=O) groups is 1. The highest BCUT2D eigenvalue weighted by atomic mass is 16.2. The van der Waals surface area contributed by atoms with Gasteiger partial charge < -0.3 is 10.6 Å². The Kier molecular flexibility index (Phi) is 5.22. The first-order chi connectivity index (χ1) is 9.08. The molecular weight excluding hydrogens is 238 g/mol. The van der Waals surface area contributed by atoms with E-state index in [9.17, 15) is 4.79 Å². The Morgan fingerprint density at radius 1 is 1.16 bits per heavy atom. The summed E-state index contributed by atoms with van der Waals surface area (Å²) in [6.45, 7) is 9.87. The van der Waals surface area contributed by atoms with Crippen molar-refractivity contribution in [3.8, 4) is 0 Å². The number of amides is 1. The van der Waals surface area contributed by atoms with Crippen molar-refractivity contribution in [3.05, 3.63) is 0 Å². The molecule has 0 aromatic carbocycles. The summed E-state index contributed by atoms with van der Waals surface area (Å²) in [6.07, 6.45) is 3.55. The molecule has 0 saturated carbocycles. The first-order valence-corrected chi connectivity index (χ1v) is 7.78. The van der Waals surface area contributed by atoms with Gasteiger partial charge in [-0.15, -0.1) is 0 Å². The molecule has 1 amide bonds. The van der Waals surface area contributed by atoms with Crippen LogP contribution in [-0.2, 0) is 4.79 Å². The monoisotopic (exact) mass is 267 g/mol. The van der Waals surface area contributed by atoms with Crippen LogP contribution in [0.15, 0.2) is 0 Å². The van der Waals surface area contributed by atoms with E-state index in [1.165, 1.54) is 6.42 Å². The molecule has 4 heteroatoms. The second-order valence-corrected chi connectivity index (χ2v) is 6.70. The molecule has 2 aliphatic heterocycles. The van der Waals surface area contributed by atoms with Crippen molar-refractivity contribution in [2.75, 3.05) is 39.3 Å². The van der Waals surface area contributed by atoms with Gasteiger partial charge in [0.15, 0.2) is 0 Å². The smallest absolute Gasteiger partial charge is 0.236 e. The van der Waals surface area contributed by atoms with Gasteiger partial charge in [0, 0.05) is 13.1 Å². The molecule has 2 rings (SSSR count). The Bertz CT molecular complexity index is 290. The third kappa shape index (κ3) is 4.18. The van der Waals surface area contributed by atoms with Crippen LogP contribution < -0.4 is 5.73 Å². The SMILES string of the molecule is CC1CC(C)CN(C(=O)CN2CCC(CN)CC2)C1. The van der Waals surface area contributed by atoms with Crippen LogP contribution in [0.1, 0.15) is 33.1 Å². The van der Waals surface area contributed by atoms with Crippen LogP contribution in [0.2, 0.25) is 0 Å². The zero-order valence-electron chi connectivity index (χ0n) is 12.5. The molecule has 19 heavy (non-hydrogen) atoms. The lowest BCUT2D eigenvalue weighted by Crippen LogP contribution is -2.48. The summed E-state index contributed by atoms with van der Waals surface area (Å²) >= 11 is 0. The van der Waals surface area contributed by atoms with Gasteiger partial charge in [0.2, 0.25) is 5.91 Å². The van der Waals surface area contributed by atoms with E-state index in [-0.39, 0.29) is 0 Å². The van der Waals surface area contributed by atoms with Crippen molar-refractivity contribution in [3.63, 3.8) is 0 Å². The number of piperidine rings is 2. The fourth-order valence-electron chi connectivity index (χ4n) is 3.54. The van der Waals surface area contributed by atoms with Crippen molar-refractivity contribution in [1.82, 2.24) is 9.80 Å². The van der Waals surface area contributed by atoms with Crippen molar-refractivity contribution < 1.29 is 4.79 Å². The minimum atomic E-state index is 0.324. The summed E-state index contributed by atoms with van der Waals surface area (Å²) in [5.41, 5.74) is 5.70. The molecule has 2 fully saturated rings. The van der Waals surface area contributed by atoms with E-state index in [2.05, 4.69) is 23.6 Å². The second kappa shape index (κ2) is 6.71. The molecule has 0 aromatic rings. The molecule has 0 radical (unpaired) electrons. The van der Waals surface area contributed by atoms with E-state index in [1.54, 1.807) is 0 Å². The number of rotatable bonds is 3. The molecule has 110 valence electrons. The number of likely N-dealkylation sites (tertiary alicyclic amines) is 2. The topological polar surface area (TPSA) is 49.6 Å². The molecule has 2 heterocycles. The fourth-order valence-corrected chi connectivity index (χ4v) is 3.54. The van der Waals surface area contributed by atoms with Crippen LogP contribution in [0.5, 0.6) is 0 Å². The zero-order valence-corrected chi connectivity index (χ0v) is 12.5. The average Bonchev–Trinajstić information content (AvgIpc) is 2.38. The highest BCUT2D eigenvalue weighted by Crippen LogP contribution is 2.21. The lowest BCUT2D eigenvalue weighted by molar-refractivity contribution is -0.135. The normalized spacial score (nSPS) is 30.6. The highest BCUT2D eigenvalue weighted by Gasteiger charge is 2.27. The van der Waals surface area contributed by atoms with Crippen LogP contribution in [0.4, 0.5) is 0 Å². The van der Waals surface area contributed by atoms with Crippen molar-refractivity contribution in [2.24, 2.45) is 23.5 Å². The van der Waals surface area contributed by atoms with Gasteiger partial charge in [-0.2, -0.15) is 0 Å². The summed E-state index contributed by atoms with van der Waals surface area (Å²) in [4.78, 5) is 16.7. The first-order valence-electron chi connectivity index (χ1n) is 7.78. The molecule has 0 spiro atoms. The van der Waals surface area contributed by atoms with E-state index < -0.39 is 0 Å². The molecule has 2 aliphatic rings. The van der Waals surface area contributed by atoms with E-state index in [1.807, 2.05) is 0 Å². The Morgan fingerprint density at radius 2 is 1.74 bits per heavy atom. The maximum atomic E-state index is 12.4. The summed E-state index contributed by atoms with van der Waals surface area (Å²) in [6, 6.07) is 0. The highest BCUT2D eigenvalue weighted by molar-refractivity contribution is 5.78. The quantitative estimate of drug-likeness (QED) is 0.835. The van der Waals surface area contributed by atoms with Gasteiger partial charge in [-0.3, -0.25) is 9.69 Å². The molecular formula is C15H29N3O. The van der Waals surface area contributed by atoms with Crippen LogP contribution in [0.25, 0.3) is 0 Å². The zero-order chi connectivity index (χ0) is 13.8.